The van der Waals surface area contributed by atoms with Gasteiger partial charge in [-0.25, -0.2) is 14.9 Å². The highest BCUT2D eigenvalue weighted by Crippen LogP contribution is 2.09. The molecule has 2 heterocycles. The molecule has 7 nitrogen and oxygen atoms in total. The number of carbonyl (C=O) groups is 1. The van der Waals surface area contributed by atoms with Crippen LogP contribution in [0.1, 0.15) is 4.88 Å². The third kappa shape index (κ3) is 5.60. The number of hydrogen-bond acceptors (Lipinski definition) is 6. The molecule has 0 spiro atoms. The lowest BCUT2D eigenvalue weighted by Gasteiger charge is -2.33. The minimum absolute atomic E-state index is 0.144. The average molecular weight is 314 g/mol. The van der Waals surface area contributed by atoms with Crippen molar-refractivity contribution in [2.75, 3.05) is 46.4 Å². The van der Waals surface area contributed by atoms with E-state index in [0.717, 1.165) is 31.1 Å². The fourth-order valence-corrected chi connectivity index (χ4v) is 2.57. The van der Waals surface area contributed by atoms with Crippen LogP contribution in [-0.2, 0) is 11.3 Å². The predicted molar refractivity (Wildman–Crippen MR) is 80.1 cm³/mol. The molecule has 1 aromatic rings. The number of hydroxylamine groups is 2. The Morgan fingerprint density at radius 3 is 2.90 bits per heavy atom. The highest BCUT2D eigenvalue weighted by Gasteiger charge is 2.18. The molecule has 0 aromatic carbocycles. The summed E-state index contributed by atoms with van der Waals surface area (Å²) >= 11 is 1.62. The molecule has 0 unspecified atom stereocenters. The highest BCUT2D eigenvalue weighted by atomic mass is 32.1. The van der Waals surface area contributed by atoms with Gasteiger partial charge in [0.25, 0.3) is 0 Å². The second kappa shape index (κ2) is 8.30. The first-order valence-electron chi connectivity index (χ1n) is 6.96. The SMILES string of the molecule is CN1CCN(NC(=O)N(O)CCOCc2cccs2)CC1. The molecule has 2 rings (SSSR count). The molecule has 2 N–H and O–H groups in total. The summed E-state index contributed by atoms with van der Waals surface area (Å²) in [5, 5.41) is 14.1. The number of rotatable bonds is 6. The van der Waals surface area contributed by atoms with E-state index in [1.165, 1.54) is 0 Å². The van der Waals surface area contributed by atoms with Crippen LogP contribution >= 0.6 is 11.3 Å². The highest BCUT2D eigenvalue weighted by molar-refractivity contribution is 7.09. The van der Waals surface area contributed by atoms with Gasteiger partial charge in [0.1, 0.15) is 0 Å². The van der Waals surface area contributed by atoms with E-state index in [2.05, 4.69) is 10.3 Å². The van der Waals surface area contributed by atoms with Crippen LogP contribution in [0.5, 0.6) is 0 Å². The number of amides is 2. The minimum atomic E-state index is -0.515. The van der Waals surface area contributed by atoms with Crippen molar-refractivity contribution in [1.82, 2.24) is 20.4 Å². The summed E-state index contributed by atoms with van der Waals surface area (Å²) in [5.41, 5.74) is 2.68. The van der Waals surface area contributed by atoms with E-state index in [0.29, 0.717) is 18.3 Å². The number of hydrogen-bond donors (Lipinski definition) is 2. The molecule has 0 radical (unpaired) electrons. The minimum Gasteiger partial charge on any atom is -0.374 e. The Bertz CT molecular complexity index is 421. The first-order chi connectivity index (χ1) is 10.1. The Morgan fingerprint density at radius 1 is 1.48 bits per heavy atom. The fourth-order valence-electron chi connectivity index (χ4n) is 1.93. The number of nitrogens with zero attached hydrogens (tertiary/aromatic N) is 3. The number of nitrogens with one attached hydrogen (secondary N) is 1. The average Bonchev–Trinajstić information content (AvgIpc) is 2.99. The molecule has 0 saturated carbocycles. The van der Waals surface area contributed by atoms with Crippen molar-refractivity contribution in [2.24, 2.45) is 0 Å². The standard InChI is InChI=1S/C13H22N4O3S/c1-15-4-6-16(7-5-15)14-13(18)17(19)8-9-20-11-12-3-2-10-21-12/h2-3,10,19H,4-9,11H2,1H3,(H,14,18). The van der Waals surface area contributed by atoms with Crippen molar-refractivity contribution in [3.05, 3.63) is 22.4 Å². The van der Waals surface area contributed by atoms with Gasteiger partial charge in [0.15, 0.2) is 0 Å². The number of thiophene rings is 1. The Balaban J connectivity index is 1.58. The van der Waals surface area contributed by atoms with Gasteiger partial charge in [-0.2, -0.15) is 0 Å². The van der Waals surface area contributed by atoms with E-state index in [4.69, 9.17) is 4.74 Å². The Morgan fingerprint density at radius 2 is 2.24 bits per heavy atom. The van der Waals surface area contributed by atoms with Crippen LogP contribution in [0.2, 0.25) is 0 Å². The van der Waals surface area contributed by atoms with E-state index >= 15 is 0 Å². The van der Waals surface area contributed by atoms with Gasteiger partial charge in [-0.1, -0.05) is 6.07 Å². The lowest BCUT2D eigenvalue weighted by molar-refractivity contribution is -0.0685. The van der Waals surface area contributed by atoms with Gasteiger partial charge in [0.05, 0.1) is 19.8 Å². The zero-order chi connectivity index (χ0) is 15.1. The molecular weight excluding hydrogens is 292 g/mol. The molecule has 1 saturated heterocycles. The van der Waals surface area contributed by atoms with Crippen LogP contribution in [0.25, 0.3) is 0 Å². The summed E-state index contributed by atoms with van der Waals surface area (Å²) in [5.74, 6) is 0. The van der Waals surface area contributed by atoms with Crippen LogP contribution < -0.4 is 5.43 Å². The largest absolute Gasteiger partial charge is 0.374 e. The van der Waals surface area contributed by atoms with Crippen LogP contribution in [0.4, 0.5) is 4.79 Å². The normalized spacial score (nSPS) is 16.9. The number of likely N-dealkylation sites (N-methyl/N-ethyl adjacent to an activating group) is 1. The molecule has 118 valence electrons. The molecule has 1 fully saturated rings. The maximum atomic E-state index is 11.8. The smallest absolute Gasteiger partial charge is 0.355 e. The number of hydrazine groups is 1. The first kappa shape index (κ1) is 16.2. The molecule has 0 atom stereocenters. The maximum absolute atomic E-state index is 11.8. The van der Waals surface area contributed by atoms with Crippen LogP contribution in [0.15, 0.2) is 17.5 Å². The molecule has 8 heteroatoms. The fraction of sp³-hybridized carbons (Fsp3) is 0.615. The van der Waals surface area contributed by atoms with Crippen molar-refractivity contribution in [1.29, 1.82) is 0 Å². The lowest BCUT2D eigenvalue weighted by atomic mass is 10.4. The number of ether oxygens (including phenoxy) is 1. The van der Waals surface area contributed by atoms with Crippen molar-refractivity contribution in [3.8, 4) is 0 Å². The zero-order valence-corrected chi connectivity index (χ0v) is 13.0. The topological polar surface area (TPSA) is 68.3 Å². The van der Waals surface area contributed by atoms with Crippen molar-refractivity contribution in [2.45, 2.75) is 6.61 Å². The molecular formula is C13H22N4O3S. The zero-order valence-electron chi connectivity index (χ0n) is 12.2. The van der Waals surface area contributed by atoms with Gasteiger partial charge < -0.3 is 9.64 Å². The van der Waals surface area contributed by atoms with E-state index in [1.807, 2.05) is 29.6 Å². The van der Waals surface area contributed by atoms with Crippen LogP contribution in [0.3, 0.4) is 0 Å². The first-order valence-corrected chi connectivity index (χ1v) is 7.84. The summed E-state index contributed by atoms with van der Waals surface area (Å²) in [6.07, 6.45) is 0. The van der Waals surface area contributed by atoms with Gasteiger partial charge in [-0.3, -0.25) is 10.6 Å². The molecule has 21 heavy (non-hydrogen) atoms. The third-order valence-corrected chi connectivity index (χ3v) is 4.11. The van der Waals surface area contributed by atoms with E-state index in [9.17, 15) is 10.0 Å². The van der Waals surface area contributed by atoms with Gasteiger partial charge in [0.2, 0.25) is 0 Å². The lowest BCUT2D eigenvalue weighted by Crippen LogP contribution is -2.55. The second-order valence-corrected chi connectivity index (χ2v) is 5.99. The molecule has 2 amide bonds. The molecule has 1 aromatic heterocycles. The molecule has 0 aliphatic carbocycles. The Kier molecular flexibility index (Phi) is 6.40. The summed E-state index contributed by atoms with van der Waals surface area (Å²) in [7, 11) is 2.04. The predicted octanol–water partition coefficient (Wildman–Crippen LogP) is 0.828. The number of urea groups is 1. The summed E-state index contributed by atoms with van der Waals surface area (Å²) in [4.78, 5) is 15.1. The van der Waals surface area contributed by atoms with Crippen molar-refractivity contribution in [3.63, 3.8) is 0 Å². The van der Waals surface area contributed by atoms with Gasteiger partial charge >= 0.3 is 6.03 Å². The van der Waals surface area contributed by atoms with E-state index < -0.39 is 6.03 Å². The summed E-state index contributed by atoms with van der Waals surface area (Å²) in [6.45, 7) is 4.25. The van der Waals surface area contributed by atoms with Crippen LogP contribution in [0, 0.1) is 0 Å². The quantitative estimate of drug-likeness (QED) is 0.462. The summed E-state index contributed by atoms with van der Waals surface area (Å²) in [6, 6.07) is 3.44. The van der Waals surface area contributed by atoms with E-state index in [-0.39, 0.29) is 6.54 Å². The summed E-state index contributed by atoms with van der Waals surface area (Å²) < 4.78 is 5.41. The second-order valence-electron chi connectivity index (χ2n) is 4.96. The third-order valence-electron chi connectivity index (χ3n) is 3.26. The Hall–Kier alpha value is -1.19. The maximum Gasteiger partial charge on any atom is 0.355 e. The number of carbonyl (C=O) groups excluding carboxylic acids is 1. The molecule has 1 aliphatic rings. The molecule has 1 aliphatic heterocycles. The van der Waals surface area contributed by atoms with E-state index in [1.54, 1.807) is 11.3 Å². The van der Waals surface area contributed by atoms with Gasteiger partial charge in [0, 0.05) is 31.1 Å². The number of piperazine rings is 1. The monoisotopic (exact) mass is 314 g/mol. The van der Waals surface area contributed by atoms with Crippen LogP contribution in [-0.4, -0.2) is 72.6 Å². The van der Waals surface area contributed by atoms with Crippen molar-refractivity contribution >= 4 is 17.4 Å². The Labute approximate surface area is 128 Å². The van der Waals surface area contributed by atoms with Gasteiger partial charge in [-0.05, 0) is 18.5 Å². The van der Waals surface area contributed by atoms with Crippen molar-refractivity contribution < 1.29 is 14.7 Å². The molecule has 0 bridgehead atoms. The van der Waals surface area contributed by atoms with Gasteiger partial charge in [-0.15, -0.1) is 11.3 Å².